The van der Waals surface area contributed by atoms with Crippen LogP contribution in [0.15, 0.2) is 72.8 Å². The molecular weight excluding hydrogens is 771 g/mol. The van der Waals surface area contributed by atoms with Gasteiger partial charge in [-0.2, -0.15) is 0 Å². The minimum Gasteiger partial charge on any atom is -0.528 e. The highest BCUT2D eigenvalue weighted by Crippen LogP contribution is 2.30. The van der Waals surface area contributed by atoms with E-state index in [9.17, 15) is 28.8 Å². The van der Waals surface area contributed by atoms with Crippen molar-refractivity contribution in [1.82, 2.24) is 20.9 Å². The molecule has 0 fully saturated rings. The summed E-state index contributed by atoms with van der Waals surface area (Å²) >= 11 is 0. The lowest BCUT2D eigenvalue weighted by Gasteiger charge is -2.39. The van der Waals surface area contributed by atoms with Crippen molar-refractivity contribution in [3.05, 3.63) is 128 Å². The zero-order valence-corrected chi connectivity index (χ0v) is 37.5. The molecular formula is C48H59BN4O8. The minimum atomic E-state index is -0.590. The average molecular weight is 831 g/mol. The van der Waals surface area contributed by atoms with Gasteiger partial charge in [0.15, 0.2) is 12.6 Å². The molecule has 2 unspecified atom stereocenters. The second-order valence-electron chi connectivity index (χ2n) is 17.7. The van der Waals surface area contributed by atoms with Crippen molar-refractivity contribution in [2.24, 2.45) is 10.8 Å². The van der Waals surface area contributed by atoms with Crippen LogP contribution >= 0.6 is 0 Å². The molecule has 0 saturated carbocycles. The van der Waals surface area contributed by atoms with Crippen LogP contribution in [0, 0.1) is 38.5 Å². The predicted molar refractivity (Wildman–Crippen MR) is 238 cm³/mol. The molecule has 322 valence electrons. The van der Waals surface area contributed by atoms with Crippen LogP contribution in [0.25, 0.3) is 0 Å². The molecule has 2 N–H and O–H groups in total. The Morgan fingerprint density at radius 3 is 1.16 bits per heavy atom. The normalized spacial score (nSPS) is 12.3. The maximum Gasteiger partial charge on any atom is 0.576 e. The molecule has 2 atom stereocenters. The number of aldehydes is 2. The topological polar surface area (TPSA) is 151 Å². The SMILES string of the molecule is CCC(N(NC(=O)c1ccc(OBOc2ccc(C(=O)NN(C(=O)c3cc(C)cc(C)c3)C(CC)C(C)(C)C)cc2C=O)c(C=O)c1)C(=O)c1cc(C)cc(C)c1)C(C)(C)C. The Morgan fingerprint density at radius 2 is 0.885 bits per heavy atom. The van der Waals surface area contributed by atoms with Gasteiger partial charge in [-0.1, -0.05) is 89.8 Å². The van der Waals surface area contributed by atoms with Gasteiger partial charge in [-0.25, -0.2) is 10.0 Å². The summed E-state index contributed by atoms with van der Waals surface area (Å²) in [6, 6.07) is 18.9. The zero-order valence-electron chi connectivity index (χ0n) is 37.5. The first kappa shape index (κ1) is 47.4. The summed E-state index contributed by atoms with van der Waals surface area (Å²) in [6.45, 7) is 23.5. The molecule has 0 spiro atoms. The first-order valence-corrected chi connectivity index (χ1v) is 20.5. The van der Waals surface area contributed by atoms with E-state index in [1.807, 2.05) is 95.2 Å². The first-order valence-electron chi connectivity index (χ1n) is 20.5. The Kier molecular flexibility index (Phi) is 15.5. The van der Waals surface area contributed by atoms with Gasteiger partial charge in [0.25, 0.3) is 23.6 Å². The Morgan fingerprint density at radius 1 is 0.557 bits per heavy atom. The quantitative estimate of drug-likeness (QED) is 0.0730. The Balaban J connectivity index is 1.50. The van der Waals surface area contributed by atoms with Crippen LogP contribution in [0.5, 0.6) is 11.5 Å². The smallest absolute Gasteiger partial charge is 0.528 e. The molecule has 0 aliphatic carbocycles. The standard InChI is InChI=1S/C48H59BN4O8/c1-13-41(47(7,8)9)52(45(58)35-21-29(3)19-30(4)22-35)50-43(56)33-15-17-39(37(25-33)27-54)60-49-61-40-18-16-34(26-38(40)28-55)44(57)51-53(42(14-2)48(10,11)12)46(59)36-23-31(5)20-32(6)24-36/h15-28,41-42,49H,13-14H2,1-12H3,(H,50,56)(H,51,57). The fraction of sp³-hybridized carbons (Fsp3) is 0.375. The summed E-state index contributed by atoms with van der Waals surface area (Å²) in [5.41, 5.74) is 9.77. The number of nitrogens with one attached hydrogen (secondary N) is 2. The van der Waals surface area contributed by atoms with E-state index < -0.39 is 19.5 Å². The third-order valence-electron chi connectivity index (χ3n) is 10.4. The van der Waals surface area contributed by atoms with Crippen molar-refractivity contribution >= 4 is 43.9 Å². The van der Waals surface area contributed by atoms with Gasteiger partial charge >= 0.3 is 7.69 Å². The van der Waals surface area contributed by atoms with Gasteiger partial charge in [-0.05, 0) is 112 Å². The molecule has 13 heteroatoms. The number of hydrazine groups is 2. The molecule has 0 radical (unpaired) electrons. The summed E-state index contributed by atoms with van der Waals surface area (Å²) in [4.78, 5) is 79.7. The van der Waals surface area contributed by atoms with Crippen LogP contribution in [-0.4, -0.2) is 66.0 Å². The molecule has 4 aromatic rings. The van der Waals surface area contributed by atoms with Crippen molar-refractivity contribution in [3.8, 4) is 11.5 Å². The number of carbonyl (C=O) groups is 6. The van der Waals surface area contributed by atoms with Crippen molar-refractivity contribution in [2.75, 3.05) is 0 Å². The number of hydrogen-bond acceptors (Lipinski definition) is 8. The monoisotopic (exact) mass is 830 g/mol. The van der Waals surface area contributed by atoms with Crippen LogP contribution < -0.4 is 20.2 Å². The van der Waals surface area contributed by atoms with Gasteiger partial charge < -0.3 is 9.31 Å². The van der Waals surface area contributed by atoms with Crippen LogP contribution in [0.3, 0.4) is 0 Å². The minimum absolute atomic E-state index is 0.0505. The Bertz CT molecular complexity index is 2090. The second kappa shape index (κ2) is 19.9. The van der Waals surface area contributed by atoms with Crippen LogP contribution in [-0.2, 0) is 0 Å². The summed E-state index contributed by atoms with van der Waals surface area (Å²) in [6.07, 6.45) is 2.21. The van der Waals surface area contributed by atoms with Gasteiger partial charge in [0, 0.05) is 22.3 Å². The van der Waals surface area contributed by atoms with E-state index >= 15 is 0 Å². The van der Waals surface area contributed by atoms with E-state index in [0.29, 0.717) is 36.5 Å². The first-order chi connectivity index (χ1) is 28.6. The summed E-state index contributed by atoms with van der Waals surface area (Å²) in [7, 11) is -0.428. The Labute approximate surface area is 360 Å². The molecule has 4 aromatic carbocycles. The molecule has 0 saturated heterocycles. The fourth-order valence-corrected chi connectivity index (χ4v) is 7.71. The lowest BCUT2D eigenvalue weighted by Crippen LogP contribution is -2.56. The average Bonchev–Trinajstić information content (AvgIpc) is 3.18. The van der Waals surface area contributed by atoms with Crippen molar-refractivity contribution < 1.29 is 38.1 Å². The van der Waals surface area contributed by atoms with E-state index in [2.05, 4.69) is 10.9 Å². The van der Waals surface area contributed by atoms with Gasteiger partial charge in [-0.15, -0.1) is 0 Å². The lowest BCUT2D eigenvalue weighted by molar-refractivity contribution is 0.0284. The predicted octanol–water partition coefficient (Wildman–Crippen LogP) is 8.49. The number of hydrogen-bond donors (Lipinski definition) is 2. The third kappa shape index (κ3) is 12.0. The van der Waals surface area contributed by atoms with Crippen molar-refractivity contribution in [3.63, 3.8) is 0 Å². The molecule has 0 bridgehead atoms. The highest BCUT2D eigenvalue weighted by molar-refractivity contribution is 6.21. The summed E-state index contributed by atoms with van der Waals surface area (Å²) < 4.78 is 11.5. The van der Waals surface area contributed by atoms with E-state index in [0.717, 1.165) is 22.3 Å². The molecule has 0 aromatic heterocycles. The molecule has 61 heavy (non-hydrogen) atoms. The van der Waals surface area contributed by atoms with Gasteiger partial charge in [0.1, 0.15) is 11.5 Å². The maximum absolute atomic E-state index is 13.9. The van der Waals surface area contributed by atoms with E-state index in [-0.39, 0.29) is 68.5 Å². The zero-order chi connectivity index (χ0) is 45.4. The van der Waals surface area contributed by atoms with E-state index in [1.165, 1.54) is 46.4 Å². The molecule has 0 heterocycles. The van der Waals surface area contributed by atoms with Crippen molar-refractivity contribution in [1.29, 1.82) is 0 Å². The molecule has 0 aliphatic heterocycles. The number of amides is 4. The Hall–Kier alpha value is -6.24. The van der Waals surface area contributed by atoms with Gasteiger partial charge in [0.05, 0.1) is 23.2 Å². The third-order valence-corrected chi connectivity index (χ3v) is 10.4. The lowest BCUT2D eigenvalue weighted by atomic mass is 9.84. The summed E-state index contributed by atoms with van der Waals surface area (Å²) in [5.74, 6) is -1.67. The van der Waals surface area contributed by atoms with Crippen LogP contribution in [0.2, 0.25) is 0 Å². The van der Waals surface area contributed by atoms with E-state index in [1.54, 1.807) is 24.3 Å². The number of carbonyl (C=O) groups excluding carboxylic acids is 6. The number of rotatable bonds is 14. The second-order valence-corrected chi connectivity index (χ2v) is 17.7. The fourth-order valence-electron chi connectivity index (χ4n) is 7.71. The molecule has 12 nitrogen and oxygen atoms in total. The van der Waals surface area contributed by atoms with Gasteiger partial charge in [0.2, 0.25) is 0 Å². The maximum atomic E-state index is 13.9. The summed E-state index contributed by atoms with van der Waals surface area (Å²) in [5, 5.41) is 2.76. The highest BCUT2D eigenvalue weighted by Gasteiger charge is 2.36. The molecule has 4 amide bonds. The number of nitrogens with zero attached hydrogens (tertiary/aromatic N) is 2. The van der Waals surface area contributed by atoms with Crippen LogP contribution in [0.1, 0.15) is 153 Å². The molecule has 4 rings (SSSR count). The van der Waals surface area contributed by atoms with Crippen molar-refractivity contribution in [2.45, 2.75) is 108 Å². The van der Waals surface area contributed by atoms with Gasteiger partial charge in [-0.3, -0.25) is 39.6 Å². The number of aryl methyl sites for hydroxylation is 4. The molecule has 0 aliphatic rings. The largest absolute Gasteiger partial charge is 0.576 e. The van der Waals surface area contributed by atoms with Crippen LogP contribution in [0.4, 0.5) is 0 Å². The van der Waals surface area contributed by atoms with E-state index in [4.69, 9.17) is 9.31 Å². The number of benzene rings is 4. The highest BCUT2D eigenvalue weighted by atomic mass is 16.6.